The Morgan fingerprint density at radius 1 is 1.35 bits per heavy atom. The molecule has 0 saturated heterocycles. The van der Waals surface area contributed by atoms with Gasteiger partial charge in [0.05, 0.1) is 0 Å². The van der Waals surface area contributed by atoms with Crippen molar-refractivity contribution in [2.24, 2.45) is 0 Å². The van der Waals surface area contributed by atoms with Crippen LogP contribution >= 0.6 is 0 Å². The first-order valence-electron chi connectivity index (χ1n) is 6.56. The molecule has 20 heavy (non-hydrogen) atoms. The molecule has 0 aromatic heterocycles. The standard InChI is InChI=1S/C15H17F3O2/c1-13(9-14(20,10-19)15(16,17)18)8-4-6-11-5-2-3-7-12(11)13/h2-3,5,7,10,20H,4,6,8-9H2,1H3. The first kappa shape index (κ1) is 15.0. The molecule has 1 aromatic rings. The third-order valence-corrected chi connectivity index (χ3v) is 4.19. The molecule has 0 saturated carbocycles. The third kappa shape index (κ3) is 2.46. The molecule has 0 fully saturated rings. The Morgan fingerprint density at radius 3 is 2.60 bits per heavy atom. The van der Waals surface area contributed by atoms with Gasteiger partial charge in [0.2, 0.25) is 5.60 Å². The maximum atomic E-state index is 12.9. The van der Waals surface area contributed by atoms with E-state index >= 15 is 0 Å². The van der Waals surface area contributed by atoms with Gasteiger partial charge in [0.25, 0.3) is 0 Å². The Hall–Kier alpha value is -1.36. The lowest BCUT2D eigenvalue weighted by Gasteiger charge is -2.40. The number of hydrogen-bond acceptors (Lipinski definition) is 2. The minimum atomic E-state index is -4.95. The second-order valence-electron chi connectivity index (χ2n) is 5.79. The average Bonchev–Trinajstić information content (AvgIpc) is 2.37. The second-order valence-corrected chi connectivity index (χ2v) is 5.79. The number of aliphatic hydroxyl groups is 1. The number of hydrogen-bond donors (Lipinski definition) is 1. The summed E-state index contributed by atoms with van der Waals surface area (Å²) >= 11 is 0. The molecule has 2 rings (SSSR count). The second kappa shape index (κ2) is 4.88. The molecule has 0 amide bonds. The highest BCUT2D eigenvalue weighted by Gasteiger charge is 2.57. The molecule has 5 heteroatoms. The Balaban J connectivity index is 2.40. The van der Waals surface area contributed by atoms with Crippen molar-refractivity contribution in [3.8, 4) is 0 Å². The molecule has 1 aliphatic carbocycles. The summed E-state index contributed by atoms with van der Waals surface area (Å²) in [6, 6.07) is 7.30. The number of carbonyl (C=O) groups is 1. The van der Waals surface area contributed by atoms with Gasteiger partial charge in [0, 0.05) is 6.42 Å². The number of aldehydes is 1. The summed E-state index contributed by atoms with van der Waals surface area (Å²) in [5.74, 6) is 0. The van der Waals surface area contributed by atoms with Crippen molar-refractivity contribution in [1.29, 1.82) is 0 Å². The van der Waals surface area contributed by atoms with Crippen LogP contribution in [0.5, 0.6) is 0 Å². The minimum absolute atomic E-state index is 0.379. The molecule has 0 aliphatic heterocycles. The molecular weight excluding hydrogens is 269 g/mol. The Labute approximate surface area is 115 Å². The molecule has 2 unspecified atom stereocenters. The van der Waals surface area contributed by atoms with Gasteiger partial charge in [-0.25, -0.2) is 0 Å². The normalized spacial score (nSPS) is 25.6. The number of carbonyl (C=O) groups excluding carboxylic acids is 1. The predicted molar refractivity (Wildman–Crippen MR) is 68.4 cm³/mol. The van der Waals surface area contributed by atoms with Crippen LogP contribution in [-0.4, -0.2) is 23.2 Å². The highest BCUT2D eigenvalue weighted by Crippen LogP contribution is 2.45. The van der Waals surface area contributed by atoms with E-state index in [4.69, 9.17) is 0 Å². The summed E-state index contributed by atoms with van der Waals surface area (Å²) < 4.78 is 38.8. The van der Waals surface area contributed by atoms with Crippen LogP contribution in [-0.2, 0) is 16.6 Å². The lowest BCUT2D eigenvalue weighted by Crippen LogP contribution is -2.51. The van der Waals surface area contributed by atoms with Crippen molar-refractivity contribution in [3.05, 3.63) is 35.4 Å². The molecular formula is C15H17F3O2. The molecule has 2 nitrogen and oxygen atoms in total. The fraction of sp³-hybridized carbons (Fsp3) is 0.533. The van der Waals surface area contributed by atoms with Gasteiger partial charge in [-0.3, -0.25) is 4.79 Å². The van der Waals surface area contributed by atoms with Crippen LogP contribution in [0.25, 0.3) is 0 Å². The van der Waals surface area contributed by atoms with Crippen molar-refractivity contribution in [2.45, 2.75) is 49.8 Å². The van der Waals surface area contributed by atoms with E-state index in [0.29, 0.717) is 6.42 Å². The highest BCUT2D eigenvalue weighted by atomic mass is 19.4. The van der Waals surface area contributed by atoms with E-state index in [-0.39, 0.29) is 6.29 Å². The van der Waals surface area contributed by atoms with Crippen LogP contribution < -0.4 is 0 Å². The van der Waals surface area contributed by atoms with Gasteiger partial charge in [0.15, 0.2) is 6.29 Å². The summed E-state index contributed by atoms with van der Waals surface area (Å²) in [6.07, 6.45) is -3.88. The molecule has 0 spiro atoms. The number of benzene rings is 1. The zero-order valence-corrected chi connectivity index (χ0v) is 11.2. The van der Waals surface area contributed by atoms with Gasteiger partial charge in [-0.2, -0.15) is 13.2 Å². The monoisotopic (exact) mass is 286 g/mol. The van der Waals surface area contributed by atoms with Crippen LogP contribution in [0.1, 0.15) is 37.3 Å². The van der Waals surface area contributed by atoms with E-state index in [1.807, 2.05) is 12.1 Å². The van der Waals surface area contributed by atoms with Crippen molar-refractivity contribution in [2.75, 3.05) is 0 Å². The summed E-state index contributed by atoms with van der Waals surface area (Å²) in [6.45, 7) is 1.69. The van der Waals surface area contributed by atoms with Crippen molar-refractivity contribution in [1.82, 2.24) is 0 Å². The number of rotatable bonds is 3. The number of alkyl halides is 3. The van der Waals surface area contributed by atoms with E-state index in [2.05, 4.69) is 0 Å². The van der Waals surface area contributed by atoms with Crippen LogP contribution in [0, 0.1) is 0 Å². The van der Waals surface area contributed by atoms with Crippen LogP contribution in [0.3, 0.4) is 0 Å². The largest absolute Gasteiger partial charge is 0.424 e. The summed E-state index contributed by atoms with van der Waals surface area (Å²) in [5.41, 5.74) is -2.33. The molecule has 110 valence electrons. The summed E-state index contributed by atoms with van der Waals surface area (Å²) in [4.78, 5) is 10.8. The smallest absolute Gasteiger partial charge is 0.374 e. The van der Waals surface area contributed by atoms with Crippen molar-refractivity contribution in [3.63, 3.8) is 0 Å². The molecule has 0 bridgehead atoms. The predicted octanol–water partition coefficient (Wildman–Crippen LogP) is 3.16. The van der Waals surface area contributed by atoms with Crippen LogP contribution in [0.4, 0.5) is 13.2 Å². The van der Waals surface area contributed by atoms with Gasteiger partial charge >= 0.3 is 6.18 Å². The van der Waals surface area contributed by atoms with E-state index in [9.17, 15) is 23.1 Å². The quantitative estimate of drug-likeness (QED) is 0.867. The topological polar surface area (TPSA) is 37.3 Å². The minimum Gasteiger partial charge on any atom is -0.374 e. The maximum absolute atomic E-state index is 12.9. The molecule has 1 N–H and O–H groups in total. The van der Waals surface area contributed by atoms with Crippen molar-refractivity contribution >= 4 is 6.29 Å². The SMILES string of the molecule is CC1(CC(O)(C=O)C(F)(F)F)CCCc2ccccc21. The van der Waals surface area contributed by atoms with Crippen LogP contribution in [0.15, 0.2) is 24.3 Å². The van der Waals surface area contributed by atoms with Gasteiger partial charge in [-0.1, -0.05) is 31.2 Å². The molecule has 0 heterocycles. The third-order valence-electron chi connectivity index (χ3n) is 4.19. The van der Waals surface area contributed by atoms with Gasteiger partial charge in [-0.15, -0.1) is 0 Å². The molecule has 1 aliphatic rings. The van der Waals surface area contributed by atoms with Crippen molar-refractivity contribution < 1.29 is 23.1 Å². The first-order valence-corrected chi connectivity index (χ1v) is 6.56. The first-order chi connectivity index (χ1) is 9.22. The maximum Gasteiger partial charge on any atom is 0.424 e. The van der Waals surface area contributed by atoms with Gasteiger partial charge in [-0.05, 0) is 35.8 Å². The summed E-state index contributed by atoms with van der Waals surface area (Å²) in [7, 11) is 0. The Bertz CT molecular complexity index is 512. The number of aryl methyl sites for hydroxylation is 1. The fourth-order valence-corrected chi connectivity index (χ4v) is 3.12. The van der Waals surface area contributed by atoms with E-state index in [1.165, 1.54) is 0 Å². The molecule has 1 aromatic carbocycles. The number of halogens is 3. The van der Waals surface area contributed by atoms with Gasteiger partial charge in [0.1, 0.15) is 0 Å². The fourth-order valence-electron chi connectivity index (χ4n) is 3.12. The zero-order chi connectivity index (χ0) is 15.0. The zero-order valence-electron chi connectivity index (χ0n) is 11.2. The summed E-state index contributed by atoms with van der Waals surface area (Å²) in [5, 5.41) is 9.71. The van der Waals surface area contributed by atoms with E-state index in [0.717, 1.165) is 24.0 Å². The highest BCUT2D eigenvalue weighted by molar-refractivity contribution is 5.64. The van der Waals surface area contributed by atoms with Gasteiger partial charge < -0.3 is 5.11 Å². The molecule has 0 radical (unpaired) electrons. The average molecular weight is 286 g/mol. The number of fused-ring (bicyclic) bond motifs is 1. The van der Waals surface area contributed by atoms with E-state index in [1.54, 1.807) is 19.1 Å². The van der Waals surface area contributed by atoms with Crippen LogP contribution in [0.2, 0.25) is 0 Å². The molecule has 2 atom stereocenters. The lowest BCUT2D eigenvalue weighted by atomic mass is 9.66. The Morgan fingerprint density at radius 2 is 2.00 bits per heavy atom. The van der Waals surface area contributed by atoms with E-state index < -0.39 is 23.6 Å². The lowest BCUT2D eigenvalue weighted by molar-refractivity contribution is -0.250. The Kier molecular flexibility index (Phi) is 3.67.